The van der Waals surface area contributed by atoms with Crippen molar-refractivity contribution < 1.29 is 18.0 Å². The predicted octanol–water partition coefficient (Wildman–Crippen LogP) is 3.70. The number of hydrogen-bond donors (Lipinski definition) is 1. The lowest BCUT2D eigenvalue weighted by molar-refractivity contribution is -0.140. The number of benzene rings is 2. The minimum atomic E-state index is -3.73. The molecule has 0 spiro atoms. The molecule has 180 valence electrons. The molecule has 1 atom stereocenters. The Bertz CT molecular complexity index is 1100. The van der Waals surface area contributed by atoms with Gasteiger partial charge in [0, 0.05) is 15.7 Å². The second-order valence-electron chi connectivity index (χ2n) is 9.17. The lowest BCUT2D eigenvalue weighted by Crippen LogP contribution is -2.54. The lowest BCUT2D eigenvalue weighted by atomic mass is 10.1. The van der Waals surface area contributed by atoms with E-state index in [0.717, 1.165) is 25.3 Å². The van der Waals surface area contributed by atoms with Crippen LogP contribution in [0.3, 0.4) is 0 Å². The molecular formula is C24H32IN3O4S. The third kappa shape index (κ3) is 8.29. The number of nitrogens with one attached hydrogen (secondary N) is 1. The standard InChI is InChI=1S/C24H32IN3O4S/c1-17-8-7-9-19(14-17)15-27(18(2)23(30)26-24(3,4)5)22(29)16-28(33(6,31)32)21-12-10-20(25)11-13-21/h7-14,18H,15-16H2,1-6H3,(H,26,30)/t18-/m0/s1. The number of amides is 2. The van der Waals surface area contributed by atoms with E-state index in [1.807, 2.05) is 52.0 Å². The molecule has 0 fully saturated rings. The van der Waals surface area contributed by atoms with Crippen LogP contribution in [0.15, 0.2) is 48.5 Å². The summed E-state index contributed by atoms with van der Waals surface area (Å²) in [7, 11) is -3.73. The summed E-state index contributed by atoms with van der Waals surface area (Å²) in [6.45, 7) is 8.99. The van der Waals surface area contributed by atoms with Gasteiger partial charge in [-0.15, -0.1) is 0 Å². The van der Waals surface area contributed by atoms with Crippen LogP contribution < -0.4 is 9.62 Å². The minimum Gasteiger partial charge on any atom is -0.350 e. The number of carbonyl (C=O) groups excluding carboxylic acids is 2. The van der Waals surface area contributed by atoms with Gasteiger partial charge < -0.3 is 10.2 Å². The van der Waals surface area contributed by atoms with Crippen LogP contribution >= 0.6 is 22.6 Å². The Morgan fingerprint density at radius 1 is 1.09 bits per heavy atom. The molecule has 0 bridgehead atoms. The SMILES string of the molecule is Cc1cccc(CN(C(=O)CN(c2ccc(I)cc2)S(C)(=O)=O)[C@@H](C)C(=O)NC(C)(C)C)c1. The van der Waals surface area contributed by atoms with Crippen molar-refractivity contribution >= 4 is 50.1 Å². The molecular weight excluding hydrogens is 553 g/mol. The summed E-state index contributed by atoms with van der Waals surface area (Å²) in [5.74, 6) is -0.763. The highest BCUT2D eigenvalue weighted by molar-refractivity contribution is 14.1. The summed E-state index contributed by atoms with van der Waals surface area (Å²) in [6.07, 6.45) is 1.07. The Morgan fingerprint density at radius 2 is 1.70 bits per heavy atom. The lowest BCUT2D eigenvalue weighted by Gasteiger charge is -2.33. The number of halogens is 1. The fraction of sp³-hybridized carbons (Fsp3) is 0.417. The van der Waals surface area contributed by atoms with Crippen LogP contribution in [0.2, 0.25) is 0 Å². The molecule has 0 aliphatic rings. The Kier molecular flexibility index (Phi) is 8.92. The summed E-state index contributed by atoms with van der Waals surface area (Å²) in [5.41, 5.74) is 1.82. The van der Waals surface area contributed by atoms with Crippen LogP contribution in [-0.4, -0.2) is 49.5 Å². The maximum absolute atomic E-state index is 13.5. The summed E-state index contributed by atoms with van der Waals surface area (Å²) in [5, 5.41) is 2.91. The van der Waals surface area contributed by atoms with Crippen LogP contribution in [0.25, 0.3) is 0 Å². The highest BCUT2D eigenvalue weighted by Gasteiger charge is 2.31. The van der Waals surface area contributed by atoms with Gasteiger partial charge in [0.25, 0.3) is 0 Å². The average Bonchev–Trinajstić information content (AvgIpc) is 2.68. The zero-order valence-corrected chi connectivity index (χ0v) is 22.9. The van der Waals surface area contributed by atoms with Crippen LogP contribution in [0, 0.1) is 10.5 Å². The van der Waals surface area contributed by atoms with Crippen LogP contribution in [-0.2, 0) is 26.2 Å². The summed E-state index contributed by atoms with van der Waals surface area (Å²) >= 11 is 2.13. The first kappa shape index (κ1) is 27.1. The van der Waals surface area contributed by atoms with Gasteiger partial charge in [-0.05, 0) is 87.0 Å². The number of rotatable bonds is 8. The maximum Gasteiger partial charge on any atom is 0.244 e. The van der Waals surface area contributed by atoms with Crippen molar-refractivity contribution in [3.63, 3.8) is 0 Å². The van der Waals surface area contributed by atoms with Crippen molar-refractivity contribution in [2.24, 2.45) is 0 Å². The molecule has 7 nitrogen and oxygen atoms in total. The van der Waals surface area contributed by atoms with Crippen LogP contribution in [0.4, 0.5) is 5.69 Å². The molecule has 0 saturated heterocycles. The number of aryl methyl sites for hydroxylation is 1. The third-order valence-corrected chi connectivity index (χ3v) is 6.75. The number of sulfonamides is 1. The van der Waals surface area contributed by atoms with Crippen molar-refractivity contribution in [2.75, 3.05) is 17.1 Å². The van der Waals surface area contributed by atoms with E-state index >= 15 is 0 Å². The van der Waals surface area contributed by atoms with Gasteiger partial charge in [-0.3, -0.25) is 13.9 Å². The van der Waals surface area contributed by atoms with E-state index in [1.54, 1.807) is 31.2 Å². The molecule has 2 aromatic carbocycles. The number of carbonyl (C=O) groups is 2. The van der Waals surface area contributed by atoms with Crippen molar-refractivity contribution in [3.05, 3.63) is 63.2 Å². The predicted molar refractivity (Wildman–Crippen MR) is 140 cm³/mol. The molecule has 0 unspecified atom stereocenters. The van der Waals surface area contributed by atoms with Crippen molar-refractivity contribution in [3.8, 4) is 0 Å². The van der Waals surface area contributed by atoms with E-state index in [9.17, 15) is 18.0 Å². The average molecular weight is 586 g/mol. The van der Waals surface area contributed by atoms with Gasteiger partial charge in [0.2, 0.25) is 21.8 Å². The molecule has 0 aliphatic carbocycles. The van der Waals surface area contributed by atoms with Gasteiger partial charge in [-0.25, -0.2) is 8.42 Å². The molecule has 2 aromatic rings. The Balaban J connectivity index is 2.39. The molecule has 1 N–H and O–H groups in total. The number of nitrogens with zero attached hydrogens (tertiary/aromatic N) is 2. The Morgan fingerprint density at radius 3 is 2.21 bits per heavy atom. The first-order valence-corrected chi connectivity index (χ1v) is 13.5. The molecule has 0 saturated carbocycles. The summed E-state index contributed by atoms with van der Waals surface area (Å²) in [4.78, 5) is 27.8. The van der Waals surface area contributed by atoms with Gasteiger partial charge in [0.15, 0.2) is 0 Å². The first-order chi connectivity index (χ1) is 15.2. The molecule has 0 aromatic heterocycles. The van der Waals surface area contributed by atoms with Gasteiger partial charge in [-0.1, -0.05) is 29.8 Å². The number of anilines is 1. The summed E-state index contributed by atoms with van der Waals surface area (Å²) in [6, 6.07) is 13.8. The monoisotopic (exact) mass is 585 g/mol. The van der Waals surface area contributed by atoms with Crippen molar-refractivity contribution in [2.45, 2.75) is 52.7 Å². The Hall–Kier alpha value is -2.14. The molecule has 0 aliphatic heterocycles. The normalized spacial score (nSPS) is 12.7. The maximum atomic E-state index is 13.5. The molecule has 0 radical (unpaired) electrons. The molecule has 9 heteroatoms. The van der Waals surface area contributed by atoms with Crippen molar-refractivity contribution in [1.29, 1.82) is 0 Å². The van der Waals surface area contributed by atoms with Gasteiger partial charge in [-0.2, -0.15) is 0 Å². The number of hydrogen-bond acceptors (Lipinski definition) is 4. The highest BCUT2D eigenvalue weighted by Crippen LogP contribution is 2.20. The quantitative estimate of drug-likeness (QED) is 0.479. The van der Waals surface area contributed by atoms with E-state index in [-0.39, 0.29) is 12.5 Å². The minimum absolute atomic E-state index is 0.184. The molecule has 2 rings (SSSR count). The summed E-state index contributed by atoms with van der Waals surface area (Å²) < 4.78 is 27.1. The van der Waals surface area contributed by atoms with Crippen molar-refractivity contribution in [1.82, 2.24) is 10.2 Å². The molecule has 0 heterocycles. The zero-order chi connectivity index (χ0) is 25.0. The molecule has 33 heavy (non-hydrogen) atoms. The smallest absolute Gasteiger partial charge is 0.244 e. The highest BCUT2D eigenvalue weighted by atomic mass is 127. The van der Waals surface area contributed by atoms with E-state index in [0.29, 0.717) is 5.69 Å². The fourth-order valence-corrected chi connectivity index (χ4v) is 4.49. The van der Waals surface area contributed by atoms with Gasteiger partial charge in [0.05, 0.1) is 11.9 Å². The van der Waals surface area contributed by atoms with E-state index < -0.39 is 34.1 Å². The van der Waals surface area contributed by atoms with Gasteiger partial charge >= 0.3 is 0 Å². The molecule has 2 amide bonds. The van der Waals surface area contributed by atoms with E-state index in [2.05, 4.69) is 27.9 Å². The second kappa shape index (κ2) is 10.9. The van der Waals surface area contributed by atoms with Crippen LogP contribution in [0.1, 0.15) is 38.8 Å². The first-order valence-electron chi connectivity index (χ1n) is 10.6. The van der Waals surface area contributed by atoms with E-state index in [4.69, 9.17) is 0 Å². The third-order valence-electron chi connectivity index (χ3n) is 4.89. The Labute approximate surface area is 210 Å². The topological polar surface area (TPSA) is 86.8 Å². The second-order valence-corrected chi connectivity index (χ2v) is 12.3. The van der Waals surface area contributed by atoms with Crippen LogP contribution in [0.5, 0.6) is 0 Å². The van der Waals surface area contributed by atoms with Gasteiger partial charge in [0.1, 0.15) is 12.6 Å². The fourth-order valence-electron chi connectivity index (χ4n) is 3.28. The van der Waals surface area contributed by atoms with E-state index in [1.165, 1.54) is 4.90 Å². The zero-order valence-electron chi connectivity index (χ0n) is 19.9. The largest absolute Gasteiger partial charge is 0.350 e.